The Morgan fingerprint density at radius 2 is 1.77 bits per heavy atom. The summed E-state index contributed by atoms with van der Waals surface area (Å²) >= 11 is 1.44. The normalized spacial score (nSPS) is 19.8. The van der Waals surface area contributed by atoms with Gasteiger partial charge in [-0.3, -0.25) is 9.59 Å². The van der Waals surface area contributed by atoms with Gasteiger partial charge in [0.05, 0.1) is 18.1 Å². The van der Waals surface area contributed by atoms with Gasteiger partial charge in [0.15, 0.2) is 6.10 Å². The fourth-order valence-corrected chi connectivity index (χ4v) is 3.80. The molecule has 3 rings (SSSR count). The molecular weight excluding hydrogens is 350 g/mol. The summed E-state index contributed by atoms with van der Waals surface area (Å²) in [4.78, 5) is 24.3. The number of esters is 1. The lowest BCUT2D eigenvalue weighted by Gasteiger charge is -2.23. The first-order valence-electron chi connectivity index (χ1n) is 8.11. The minimum absolute atomic E-state index is 0.346. The fourth-order valence-electron chi connectivity index (χ4n) is 2.68. The highest BCUT2D eigenvalue weighted by atomic mass is 32.2. The number of thioether (sulfide) groups is 1. The summed E-state index contributed by atoms with van der Waals surface area (Å²) < 4.78 is 10.5. The first kappa shape index (κ1) is 18.1. The molecule has 0 saturated carbocycles. The average Bonchev–Trinajstić information content (AvgIpc) is 2.82. The molecule has 6 heteroatoms. The van der Waals surface area contributed by atoms with Gasteiger partial charge in [0.25, 0.3) is 5.91 Å². The largest absolute Gasteiger partial charge is 0.497 e. The van der Waals surface area contributed by atoms with Gasteiger partial charge >= 0.3 is 5.97 Å². The predicted octanol–water partition coefficient (Wildman–Crippen LogP) is 3.53. The van der Waals surface area contributed by atoms with Crippen molar-refractivity contribution < 1.29 is 19.1 Å². The highest BCUT2D eigenvalue weighted by Crippen LogP contribution is 2.39. The second-order valence-corrected chi connectivity index (χ2v) is 6.76. The highest BCUT2D eigenvalue weighted by molar-refractivity contribution is 8.02. The van der Waals surface area contributed by atoms with Crippen molar-refractivity contribution in [2.75, 3.05) is 7.11 Å². The summed E-state index contributed by atoms with van der Waals surface area (Å²) in [6.45, 7) is 1.31. The van der Waals surface area contributed by atoms with Crippen LogP contribution in [0.1, 0.15) is 23.3 Å². The summed E-state index contributed by atoms with van der Waals surface area (Å²) in [5, 5.41) is 4.41. The number of ether oxygens (including phenoxy) is 2. The minimum Gasteiger partial charge on any atom is -0.497 e. The van der Waals surface area contributed by atoms with Crippen molar-refractivity contribution in [3.63, 3.8) is 0 Å². The van der Waals surface area contributed by atoms with Crippen molar-refractivity contribution in [2.45, 2.75) is 18.3 Å². The summed E-state index contributed by atoms with van der Waals surface area (Å²) in [6.07, 6.45) is -0.927. The molecule has 2 aromatic rings. The quantitative estimate of drug-likeness (QED) is 0.836. The van der Waals surface area contributed by atoms with Crippen LogP contribution in [0.25, 0.3) is 5.70 Å². The number of carbonyl (C=O) groups is 2. The lowest BCUT2D eigenvalue weighted by atomic mass is 10.1. The maximum Gasteiger partial charge on any atom is 0.303 e. The van der Waals surface area contributed by atoms with Gasteiger partial charge in [-0.25, -0.2) is 0 Å². The molecule has 1 aliphatic heterocycles. The van der Waals surface area contributed by atoms with E-state index in [1.165, 1.54) is 18.7 Å². The van der Waals surface area contributed by atoms with Gasteiger partial charge in [0, 0.05) is 6.92 Å². The zero-order valence-electron chi connectivity index (χ0n) is 14.5. The Morgan fingerprint density at radius 1 is 1.08 bits per heavy atom. The maximum atomic E-state index is 12.8. The van der Waals surface area contributed by atoms with Gasteiger partial charge in [-0.15, -0.1) is 11.8 Å². The molecule has 0 aliphatic carbocycles. The van der Waals surface area contributed by atoms with Gasteiger partial charge < -0.3 is 14.8 Å². The van der Waals surface area contributed by atoms with E-state index in [0.29, 0.717) is 5.70 Å². The monoisotopic (exact) mass is 369 g/mol. The number of hydrogen-bond donors (Lipinski definition) is 1. The van der Waals surface area contributed by atoms with Crippen molar-refractivity contribution >= 4 is 29.3 Å². The van der Waals surface area contributed by atoms with Crippen molar-refractivity contribution in [3.05, 3.63) is 71.1 Å². The third kappa shape index (κ3) is 4.08. The van der Waals surface area contributed by atoms with Crippen LogP contribution in [-0.4, -0.2) is 25.1 Å². The number of benzene rings is 2. The van der Waals surface area contributed by atoms with Gasteiger partial charge in [-0.2, -0.15) is 0 Å². The Bertz CT molecular complexity index is 817. The molecule has 26 heavy (non-hydrogen) atoms. The van der Waals surface area contributed by atoms with Crippen LogP contribution in [-0.2, 0) is 14.3 Å². The van der Waals surface area contributed by atoms with Crippen molar-refractivity contribution in [1.82, 2.24) is 5.32 Å². The van der Waals surface area contributed by atoms with Crippen LogP contribution in [0.4, 0.5) is 0 Å². The van der Waals surface area contributed by atoms with E-state index in [1.54, 1.807) is 7.11 Å². The molecule has 1 amide bonds. The lowest BCUT2D eigenvalue weighted by molar-refractivity contribution is -0.153. The van der Waals surface area contributed by atoms with E-state index in [1.807, 2.05) is 60.0 Å². The summed E-state index contributed by atoms with van der Waals surface area (Å²) in [5.74, 6) is -0.116. The maximum absolute atomic E-state index is 12.8. The Kier molecular flexibility index (Phi) is 5.63. The van der Waals surface area contributed by atoms with Gasteiger partial charge in [0.1, 0.15) is 5.75 Å². The molecule has 0 spiro atoms. The predicted molar refractivity (Wildman–Crippen MR) is 101 cm³/mol. The van der Waals surface area contributed by atoms with Crippen LogP contribution in [0.3, 0.4) is 0 Å². The molecule has 1 N–H and O–H groups in total. The SMILES string of the molecule is COc1ccc(C2SC=C(c3ccccc3)NC(=O)C2OC(C)=O)cc1. The second-order valence-electron chi connectivity index (χ2n) is 5.75. The third-order valence-corrected chi connectivity index (χ3v) is 5.13. The Balaban J connectivity index is 1.95. The van der Waals surface area contributed by atoms with E-state index < -0.39 is 12.1 Å². The Hall–Kier alpha value is -2.73. The van der Waals surface area contributed by atoms with Crippen molar-refractivity contribution in [3.8, 4) is 5.75 Å². The van der Waals surface area contributed by atoms with Crippen LogP contribution < -0.4 is 10.1 Å². The molecule has 1 heterocycles. The average molecular weight is 369 g/mol. The molecule has 2 unspecified atom stereocenters. The molecule has 0 bridgehead atoms. The van der Waals surface area contributed by atoms with Crippen LogP contribution in [0.5, 0.6) is 5.75 Å². The minimum atomic E-state index is -0.927. The third-order valence-electron chi connectivity index (χ3n) is 3.95. The second kappa shape index (κ2) is 8.10. The molecule has 134 valence electrons. The number of nitrogens with one attached hydrogen (secondary N) is 1. The van der Waals surface area contributed by atoms with Crippen LogP contribution >= 0.6 is 11.8 Å². The first-order chi connectivity index (χ1) is 12.6. The Labute approximate surface area is 156 Å². The van der Waals surface area contributed by atoms with Crippen LogP contribution in [0.15, 0.2) is 60.0 Å². The zero-order valence-corrected chi connectivity index (χ0v) is 15.3. The molecule has 0 aromatic heterocycles. The van der Waals surface area contributed by atoms with Crippen LogP contribution in [0, 0.1) is 0 Å². The summed E-state index contributed by atoms with van der Waals surface area (Å²) in [5.41, 5.74) is 2.46. The van der Waals surface area contributed by atoms with Crippen molar-refractivity contribution in [1.29, 1.82) is 0 Å². The molecule has 5 nitrogen and oxygen atoms in total. The van der Waals surface area contributed by atoms with E-state index >= 15 is 0 Å². The number of hydrogen-bond acceptors (Lipinski definition) is 5. The number of amides is 1. The molecule has 2 aromatic carbocycles. The molecule has 2 atom stereocenters. The van der Waals surface area contributed by atoms with E-state index in [9.17, 15) is 9.59 Å². The van der Waals surface area contributed by atoms with E-state index in [-0.39, 0.29) is 11.2 Å². The summed E-state index contributed by atoms with van der Waals surface area (Å²) in [6, 6.07) is 17.0. The molecule has 0 saturated heterocycles. The van der Waals surface area contributed by atoms with Crippen LogP contribution in [0.2, 0.25) is 0 Å². The van der Waals surface area contributed by atoms with E-state index in [2.05, 4.69) is 5.32 Å². The van der Waals surface area contributed by atoms with E-state index in [0.717, 1.165) is 16.9 Å². The first-order valence-corrected chi connectivity index (χ1v) is 9.06. The fraction of sp³-hybridized carbons (Fsp3) is 0.200. The van der Waals surface area contributed by atoms with Gasteiger partial charge in [-0.1, -0.05) is 42.5 Å². The Morgan fingerprint density at radius 3 is 2.38 bits per heavy atom. The zero-order chi connectivity index (χ0) is 18.5. The highest BCUT2D eigenvalue weighted by Gasteiger charge is 2.35. The van der Waals surface area contributed by atoms with Gasteiger partial charge in [-0.05, 0) is 28.7 Å². The lowest BCUT2D eigenvalue weighted by Crippen LogP contribution is -2.38. The van der Waals surface area contributed by atoms with E-state index in [4.69, 9.17) is 9.47 Å². The number of rotatable bonds is 4. The standard InChI is InChI=1S/C20H19NO4S/c1-13(22)25-18-19(15-8-10-16(24-2)11-9-15)26-12-17(21-20(18)23)14-6-4-3-5-7-14/h3-12,18-19H,1-2H3,(H,21,23). The molecule has 1 aliphatic rings. The van der Waals surface area contributed by atoms with Crippen molar-refractivity contribution in [2.24, 2.45) is 0 Å². The number of methoxy groups -OCH3 is 1. The topological polar surface area (TPSA) is 64.6 Å². The summed E-state index contributed by atoms with van der Waals surface area (Å²) in [7, 11) is 1.60. The van der Waals surface area contributed by atoms with Gasteiger partial charge in [0.2, 0.25) is 0 Å². The smallest absolute Gasteiger partial charge is 0.303 e. The molecular formula is C20H19NO4S. The molecule has 0 fully saturated rings. The number of carbonyl (C=O) groups excluding carboxylic acids is 2. The molecule has 0 radical (unpaired) electrons.